The summed E-state index contributed by atoms with van der Waals surface area (Å²) in [4.78, 5) is 0. The summed E-state index contributed by atoms with van der Waals surface area (Å²) in [6.07, 6.45) is 0. The van der Waals surface area contributed by atoms with E-state index in [9.17, 15) is 8.78 Å². The molecule has 0 amide bonds. The van der Waals surface area contributed by atoms with Gasteiger partial charge in [-0.3, -0.25) is 0 Å². The van der Waals surface area contributed by atoms with Crippen LogP contribution >= 0.6 is 24.0 Å². The number of halogens is 2. The average Bonchev–Trinajstić information content (AvgIpc) is 2.42. The largest absolute Gasteiger partial charge is 0.341 e. The number of benzene rings is 2. The Bertz CT molecular complexity index is 573. The van der Waals surface area contributed by atoms with Crippen molar-refractivity contribution in [2.75, 3.05) is 5.32 Å². The van der Waals surface area contributed by atoms with E-state index in [1.807, 2.05) is 30.3 Å². The molecule has 0 saturated heterocycles. The fraction of sp³-hybridized carbons (Fsp3) is 0.0714. The van der Waals surface area contributed by atoms with Gasteiger partial charge in [0, 0.05) is 17.5 Å². The molecule has 0 aliphatic rings. The Kier molecular flexibility index (Phi) is 4.87. The van der Waals surface area contributed by atoms with E-state index in [0.717, 1.165) is 23.4 Å². The van der Waals surface area contributed by atoms with E-state index in [4.69, 9.17) is 12.2 Å². The molecule has 0 unspecified atom stereocenters. The Balaban J connectivity index is 1.89. The quantitative estimate of drug-likeness (QED) is 0.831. The first-order valence-electron chi connectivity index (χ1n) is 5.58. The number of hydrogen-bond donors (Lipinski definition) is 1. The second-order valence-electron chi connectivity index (χ2n) is 3.82. The number of anilines is 1. The fourth-order valence-corrected chi connectivity index (χ4v) is 2.43. The van der Waals surface area contributed by atoms with Crippen LogP contribution in [0.3, 0.4) is 0 Å². The van der Waals surface area contributed by atoms with E-state index < -0.39 is 11.6 Å². The van der Waals surface area contributed by atoms with Gasteiger partial charge in [0.1, 0.15) is 4.32 Å². The molecule has 2 rings (SSSR count). The maximum absolute atomic E-state index is 13.0. The van der Waals surface area contributed by atoms with E-state index >= 15 is 0 Å². The smallest absolute Gasteiger partial charge is 0.160 e. The van der Waals surface area contributed by atoms with Crippen LogP contribution in [0, 0.1) is 11.6 Å². The predicted octanol–water partition coefficient (Wildman–Crippen LogP) is 4.60. The van der Waals surface area contributed by atoms with Gasteiger partial charge in [0.05, 0.1) is 0 Å². The zero-order chi connectivity index (χ0) is 13.7. The molecule has 0 bridgehead atoms. The van der Waals surface area contributed by atoms with Crippen molar-refractivity contribution in [2.24, 2.45) is 0 Å². The van der Waals surface area contributed by atoms with Crippen LogP contribution in [0.4, 0.5) is 14.5 Å². The lowest BCUT2D eigenvalue weighted by atomic mass is 10.2. The first-order valence-corrected chi connectivity index (χ1v) is 6.97. The third-order valence-electron chi connectivity index (χ3n) is 2.38. The zero-order valence-electron chi connectivity index (χ0n) is 9.90. The Labute approximate surface area is 120 Å². The van der Waals surface area contributed by atoms with Crippen molar-refractivity contribution >= 4 is 34.0 Å². The second kappa shape index (κ2) is 6.63. The van der Waals surface area contributed by atoms with E-state index in [1.165, 1.54) is 17.8 Å². The lowest BCUT2D eigenvalue weighted by Gasteiger charge is -2.07. The minimum Gasteiger partial charge on any atom is -0.341 e. The fourth-order valence-electron chi connectivity index (χ4n) is 1.45. The van der Waals surface area contributed by atoms with Crippen molar-refractivity contribution in [3.8, 4) is 0 Å². The Morgan fingerprint density at radius 2 is 1.79 bits per heavy atom. The van der Waals surface area contributed by atoms with Gasteiger partial charge in [0.15, 0.2) is 11.6 Å². The highest BCUT2D eigenvalue weighted by Crippen LogP contribution is 2.18. The topological polar surface area (TPSA) is 12.0 Å². The molecule has 0 atom stereocenters. The van der Waals surface area contributed by atoms with Gasteiger partial charge in [0.25, 0.3) is 0 Å². The maximum Gasteiger partial charge on any atom is 0.160 e. The van der Waals surface area contributed by atoms with E-state index in [1.54, 1.807) is 0 Å². The Morgan fingerprint density at radius 1 is 1.05 bits per heavy atom. The van der Waals surface area contributed by atoms with Crippen LogP contribution in [0.2, 0.25) is 0 Å². The molecule has 0 aromatic heterocycles. The van der Waals surface area contributed by atoms with Crippen LogP contribution in [0.1, 0.15) is 5.56 Å². The minimum absolute atomic E-state index is 0.449. The highest BCUT2D eigenvalue weighted by atomic mass is 32.2. The molecule has 19 heavy (non-hydrogen) atoms. The molecule has 1 N–H and O–H groups in total. The third-order valence-corrected chi connectivity index (χ3v) is 3.68. The summed E-state index contributed by atoms with van der Waals surface area (Å²) < 4.78 is 26.3. The van der Waals surface area contributed by atoms with Crippen molar-refractivity contribution in [1.29, 1.82) is 0 Å². The van der Waals surface area contributed by atoms with Gasteiger partial charge >= 0.3 is 0 Å². The Hall–Kier alpha value is -1.46. The van der Waals surface area contributed by atoms with Crippen molar-refractivity contribution in [3.63, 3.8) is 0 Å². The van der Waals surface area contributed by atoms with Crippen molar-refractivity contribution in [3.05, 3.63) is 65.7 Å². The van der Waals surface area contributed by atoms with Gasteiger partial charge in [0.2, 0.25) is 0 Å². The first-order chi connectivity index (χ1) is 9.15. The standard InChI is InChI=1S/C14H11F2NS2/c15-12-7-6-11(8-13(12)16)17-14(18)19-9-10-4-2-1-3-5-10/h1-8H,9H2,(H,17,18). The molecule has 0 aliphatic heterocycles. The number of hydrogen-bond acceptors (Lipinski definition) is 2. The number of thiocarbonyl (C=S) groups is 1. The van der Waals surface area contributed by atoms with Gasteiger partial charge < -0.3 is 5.32 Å². The molecule has 98 valence electrons. The minimum atomic E-state index is -0.888. The summed E-state index contributed by atoms with van der Waals surface area (Å²) in [6, 6.07) is 13.5. The monoisotopic (exact) mass is 295 g/mol. The summed E-state index contributed by atoms with van der Waals surface area (Å²) in [6.45, 7) is 0. The van der Waals surface area contributed by atoms with Crippen molar-refractivity contribution in [1.82, 2.24) is 0 Å². The van der Waals surface area contributed by atoms with Gasteiger partial charge in [-0.05, 0) is 17.7 Å². The highest BCUT2D eigenvalue weighted by Gasteiger charge is 2.04. The molecular formula is C14H11F2NS2. The number of rotatable bonds is 3. The maximum atomic E-state index is 13.0. The summed E-state index contributed by atoms with van der Waals surface area (Å²) >= 11 is 6.59. The molecule has 0 fully saturated rings. The lowest BCUT2D eigenvalue weighted by Crippen LogP contribution is -2.05. The van der Waals surface area contributed by atoms with Crippen LogP contribution in [-0.4, -0.2) is 4.32 Å². The van der Waals surface area contributed by atoms with Crippen molar-refractivity contribution < 1.29 is 8.78 Å². The molecule has 0 heterocycles. The summed E-state index contributed by atoms with van der Waals surface area (Å²) in [5, 5.41) is 2.87. The van der Waals surface area contributed by atoms with Crippen LogP contribution < -0.4 is 5.32 Å². The lowest BCUT2D eigenvalue weighted by molar-refractivity contribution is 0.509. The van der Waals surface area contributed by atoms with E-state index in [0.29, 0.717) is 10.0 Å². The highest BCUT2D eigenvalue weighted by molar-refractivity contribution is 8.22. The number of thioether (sulfide) groups is 1. The summed E-state index contributed by atoms with van der Waals surface area (Å²) in [5.41, 5.74) is 1.60. The third kappa shape index (κ3) is 4.29. The van der Waals surface area contributed by atoms with Gasteiger partial charge in [-0.15, -0.1) is 0 Å². The van der Waals surface area contributed by atoms with Crippen LogP contribution in [0.15, 0.2) is 48.5 Å². The molecule has 0 spiro atoms. The van der Waals surface area contributed by atoms with Crippen LogP contribution in [-0.2, 0) is 5.75 Å². The molecule has 5 heteroatoms. The molecule has 0 radical (unpaired) electrons. The van der Waals surface area contributed by atoms with Crippen molar-refractivity contribution in [2.45, 2.75) is 5.75 Å². The van der Waals surface area contributed by atoms with E-state index in [2.05, 4.69) is 5.32 Å². The molecule has 2 aromatic rings. The Morgan fingerprint density at radius 3 is 2.47 bits per heavy atom. The van der Waals surface area contributed by atoms with Gasteiger partial charge in [-0.2, -0.15) is 0 Å². The van der Waals surface area contributed by atoms with E-state index in [-0.39, 0.29) is 0 Å². The molecular weight excluding hydrogens is 284 g/mol. The predicted molar refractivity (Wildman–Crippen MR) is 80.3 cm³/mol. The SMILES string of the molecule is Fc1ccc(NC(=S)SCc2ccccc2)cc1F. The first kappa shape index (κ1) is 14.0. The molecule has 2 aromatic carbocycles. The van der Waals surface area contributed by atoms with Gasteiger partial charge in [-0.25, -0.2) is 8.78 Å². The number of nitrogens with one attached hydrogen (secondary N) is 1. The average molecular weight is 295 g/mol. The summed E-state index contributed by atoms with van der Waals surface area (Å²) in [7, 11) is 0. The van der Waals surface area contributed by atoms with Crippen LogP contribution in [0.5, 0.6) is 0 Å². The normalized spacial score (nSPS) is 10.2. The molecule has 0 aliphatic carbocycles. The van der Waals surface area contributed by atoms with Crippen LogP contribution in [0.25, 0.3) is 0 Å². The van der Waals surface area contributed by atoms with Gasteiger partial charge in [-0.1, -0.05) is 54.3 Å². The second-order valence-corrected chi connectivity index (χ2v) is 5.47. The molecule has 1 nitrogen and oxygen atoms in total. The zero-order valence-corrected chi connectivity index (χ0v) is 11.5. The summed E-state index contributed by atoms with van der Waals surface area (Å²) in [5.74, 6) is -1.02. The molecule has 0 saturated carbocycles.